The Bertz CT molecular complexity index is 700. The predicted molar refractivity (Wildman–Crippen MR) is 75.0 cm³/mol. The fraction of sp³-hybridized carbons (Fsp3) is 0.333. The second kappa shape index (κ2) is 5.75. The predicted octanol–water partition coefficient (Wildman–Crippen LogP) is 1.34. The van der Waals surface area contributed by atoms with Crippen molar-refractivity contribution < 1.29 is 4.79 Å². The summed E-state index contributed by atoms with van der Waals surface area (Å²) in [6, 6.07) is 10.2. The summed E-state index contributed by atoms with van der Waals surface area (Å²) in [6.07, 6.45) is 4.47. The van der Waals surface area contributed by atoms with Gasteiger partial charge in [-0.05, 0) is 30.4 Å². The number of rotatable bonds is 3. The largest absolute Gasteiger partial charge is 0.348 e. The minimum absolute atomic E-state index is 0.0458. The lowest BCUT2D eigenvalue weighted by Crippen LogP contribution is -2.33. The van der Waals surface area contributed by atoms with Crippen LogP contribution in [0.4, 0.5) is 0 Å². The number of aryl methyl sites for hydroxylation is 1. The molecule has 1 aliphatic rings. The number of hydrogen-bond donors (Lipinski definition) is 1. The number of carbonyl (C=O) groups is 1. The first-order chi connectivity index (χ1) is 10.3. The average Bonchev–Trinajstić information content (AvgIpc) is 2.94. The molecule has 6 heteroatoms. The third-order valence-corrected chi connectivity index (χ3v) is 3.73. The molecule has 1 heterocycles. The molecular weight excluding hydrogens is 266 g/mol. The molecule has 1 aliphatic carbocycles. The lowest BCUT2D eigenvalue weighted by molar-refractivity contribution is -0.122. The van der Waals surface area contributed by atoms with Crippen molar-refractivity contribution in [2.45, 2.75) is 31.8 Å². The van der Waals surface area contributed by atoms with E-state index in [-0.39, 0.29) is 24.3 Å². The van der Waals surface area contributed by atoms with Gasteiger partial charge in [0.15, 0.2) is 0 Å². The summed E-state index contributed by atoms with van der Waals surface area (Å²) in [7, 11) is 0. The fourth-order valence-corrected chi connectivity index (χ4v) is 2.76. The van der Waals surface area contributed by atoms with Crippen LogP contribution in [0, 0.1) is 11.3 Å². The molecule has 6 nitrogen and oxygen atoms in total. The molecule has 0 radical (unpaired) electrons. The average molecular weight is 281 g/mol. The normalized spacial score (nSPS) is 16.8. The Morgan fingerprint density at radius 1 is 1.48 bits per heavy atom. The van der Waals surface area contributed by atoms with Crippen LogP contribution in [-0.2, 0) is 17.8 Å². The minimum Gasteiger partial charge on any atom is -0.348 e. The van der Waals surface area contributed by atoms with Crippen LogP contribution in [0.2, 0.25) is 0 Å². The Labute approximate surface area is 122 Å². The number of amides is 1. The highest BCUT2D eigenvalue weighted by Crippen LogP contribution is 2.29. The van der Waals surface area contributed by atoms with E-state index < -0.39 is 0 Å². The van der Waals surface area contributed by atoms with Gasteiger partial charge in [0.1, 0.15) is 18.9 Å². The number of aromatic nitrogens is 3. The third kappa shape index (κ3) is 2.77. The standard InChI is InChI=1S/C15H15N5O/c16-8-14-19-17-10-20(14)9-15(21)18-13-7-3-5-11-4-1-2-6-12(11)13/h1-2,4,6,10,13H,3,5,7,9H2,(H,18,21). The molecule has 106 valence electrons. The zero-order valence-electron chi connectivity index (χ0n) is 11.5. The maximum atomic E-state index is 12.2. The summed E-state index contributed by atoms with van der Waals surface area (Å²) in [4.78, 5) is 12.2. The first kappa shape index (κ1) is 13.3. The van der Waals surface area contributed by atoms with Crippen LogP contribution in [0.1, 0.15) is 35.8 Å². The second-order valence-electron chi connectivity index (χ2n) is 5.11. The lowest BCUT2D eigenvalue weighted by atomic mass is 9.88. The third-order valence-electron chi connectivity index (χ3n) is 3.73. The van der Waals surface area contributed by atoms with Gasteiger partial charge in [-0.2, -0.15) is 5.26 Å². The summed E-state index contributed by atoms with van der Waals surface area (Å²) >= 11 is 0. The zero-order valence-corrected chi connectivity index (χ0v) is 11.5. The fourth-order valence-electron chi connectivity index (χ4n) is 2.76. The SMILES string of the molecule is N#Cc1nncn1CC(=O)NC1CCCc2ccccc21. The molecule has 1 N–H and O–H groups in total. The summed E-state index contributed by atoms with van der Waals surface area (Å²) < 4.78 is 1.45. The van der Waals surface area contributed by atoms with Crippen LogP contribution in [0.5, 0.6) is 0 Å². The Morgan fingerprint density at radius 2 is 2.33 bits per heavy atom. The highest BCUT2D eigenvalue weighted by molar-refractivity contribution is 5.76. The van der Waals surface area contributed by atoms with Crippen molar-refractivity contribution in [3.05, 3.63) is 47.5 Å². The monoisotopic (exact) mass is 281 g/mol. The van der Waals surface area contributed by atoms with Crippen LogP contribution in [0.25, 0.3) is 0 Å². The van der Waals surface area contributed by atoms with Gasteiger partial charge in [-0.1, -0.05) is 24.3 Å². The molecule has 0 spiro atoms. The summed E-state index contributed by atoms with van der Waals surface area (Å²) in [5.74, 6) is 0.0159. The number of fused-ring (bicyclic) bond motifs is 1. The molecule has 0 fully saturated rings. The van der Waals surface area contributed by atoms with E-state index in [1.54, 1.807) is 0 Å². The Morgan fingerprint density at radius 3 is 3.19 bits per heavy atom. The van der Waals surface area contributed by atoms with Crippen molar-refractivity contribution in [3.8, 4) is 6.07 Å². The molecule has 1 aromatic heterocycles. The maximum absolute atomic E-state index is 12.2. The van der Waals surface area contributed by atoms with Crippen molar-refractivity contribution in [1.29, 1.82) is 5.26 Å². The van der Waals surface area contributed by atoms with E-state index in [0.29, 0.717) is 0 Å². The highest BCUT2D eigenvalue weighted by atomic mass is 16.2. The summed E-state index contributed by atoms with van der Waals surface area (Å²) in [5, 5.41) is 19.2. The van der Waals surface area contributed by atoms with Gasteiger partial charge in [0.2, 0.25) is 11.7 Å². The quantitative estimate of drug-likeness (QED) is 0.920. The van der Waals surface area contributed by atoms with E-state index in [2.05, 4.69) is 27.6 Å². The van der Waals surface area contributed by atoms with Gasteiger partial charge in [-0.25, -0.2) is 0 Å². The molecule has 1 amide bonds. The summed E-state index contributed by atoms with van der Waals surface area (Å²) in [6.45, 7) is 0.0640. The van der Waals surface area contributed by atoms with Crippen LogP contribution in [0.3, 0.4) is 0 Å². The van der Waals surface area contributed by atoms with E-state index in [1.165, 1.54) is 22.0 Å². The second-order valence-corrected chi connectivity index (χ2v) is 5.11. The van der Waals surface area contributed by atoms with Crippen LogP contribution in [-0.4, -0.2) is 20.7 Å². The van der Waals surface area contributed by atoms with Crippen molar-refractivity contribution in [3.63, 3.8) is 0 Å². The van der Waals surface area contributed by atoms with E-state index in [1.807, 2.05) is 18.2 Å². The Balaban J connectivity index is 1.70. The zero-order chi connectivity index (χ0) is 14.7. The molecular formula is C15H15N5O. The number of nitriles is 1. The molecule has 21 heavy (non-hydrogen) atoms. The molecule has 0 saturated heterocycles. The molecule has 0 bridgehead atoms. The van der Waals surface area contributed by atoms with Gasteiger partial charge >= 0.3 is 0 Å². The lowest BCUT2D eigenvalue weighted by Gasteiger charge is -2.26. The van der Waals surface area contributed by atoms with Gasteiger partial charge in [0, 0.05) is 0 Å². The van der Waals surface area contributed by atoms with Crippen molar-refractivity contribution in [1.82, 2.24) is 20.1 Å². The van der Waals surface area contributed by atoms with Crippen molar-refractivity contribution in [2.75, 3.05) is 0 Å². The van der Waals surface area contributed by atoms with Crippen LogP contribution in [0.15, 0.2) is 30.6 Å². The first-order valence-corrected chi connectivity index (χ1v) is 6.93. The van der Waals surface area contributed by atoms with Gasteiger partial charge < -0.3 is 5.32 Å². The first-order valence-electron chi connectivity index (χ1n) is 6.93. The highest BCUT2D eigenvalue weighted by Gasteiger charge is 2.21. The minimum atomic E-state index is -0.131. The summed E-state index contributed by atoms with van der Waals surface area (Å²) in [5.41, 5.74) is 2.50. The maximum Gasteiger partial charge on any atom is 0.240 e. The van der Waals surface area contributed by atoms with Crippen molar-refractivity contribution >= 4 is 5.91 Å². The molecule has 0 saturated carbocycles. The molecule has 1 aromatic carbocycles. The molecule has 3 rings (SSSR count). The Hall–Kier alpha value is -2.68. The van der Waals surface area contributed by atoms with Crippen molar-refractivity contribution in [2.24, 2.45) is 0 Å². The molecule has 0 aliphatic heterocycles. The van der Waals surface area contributed by atoms with E-state index >= 15 is 0 Å². The van der Waals surface area contributed by atoms with E-state index in [0.717, 1.165) is 19.3 Å². The smallest absolute Gasteiger partial charge is 0.240 e. The van der Waals surface area contributed by atoms with Gasteiger partial charge in [0.25, 0.3) is 0 Å². The molecule has 1 unspecified atom stereocenters. The number of nitrogens with one attached hydrogen (secondary N) is 1. The number of hydrogen-bond acceptors (Lipinski definition) is 4. The van der Waals surface area contributed by atoms with E-state index in [9.17, 15) is 4.79 Å². The van der Waals surface area contributed by atoms with Gasteiger partial charge in [0.05, 0.1) is 6.04 Å². The topological polar surface area (TPSA) is 83.6 Å². The van der Waals surface area contributed by atoms with Gasteiger partial charge in [-0.15, -0.1) is 10.2 Å². The molecule has 2 aromatic rings. The molecule has 1 atom stereocenters. The van der Waals surface area contributed by atoms with Crippen LogP contribution < -0.4 is 5.32 Å². The van der Waals surface area contributed by atoms with E-state index in [4.69, 9.17) is 5.26 Å². The number of nitrogens with zero attached hydrogens (tertiary/aromatic N) is 4. The Kier molecular flexibility index (Phi) is 3.65. The van der Waals surface area contributed by atoms with Crippen LogP contribution >= 0.6 is 0 Å². The number of carbonyl (C=O) groups excluding carboxylic acids is 1. The van der Waals surface area contributed by atoms with Gasteiger partial charge in [-0.3, -0.25) is 9.36 Å². The number of benzene rings is 1.